The molecule has 1 N–H and O–H groups in total. The van der Waals surface area contributed by atoms with Gasteiger partial charge in [0.15, 0.2) is 0 Å². The fourth-order valence-corrected chi connectivity index (χ4v) is 1.84. The molecule has 1 aliphatic carbocycles. The lowest BCUT2D eigenvalue weighted by atomic mass is 10.2. The molecule has 0 unspecified atom stereocenters. The van der Waals surface area contributed by atoms with Crippen LogP contribution in [0, 0.1) is 6.92 Å². The van der Waals surface area contributed by atoms with Crippen LogP contribution in [0.1, 0.15) is 24.1 Å². The molecule has 0 radical (unpaired) electrons. The van der Waals surface area contributed by atoms with Crippen molar-refractivity contribution in [3.63, 3.8) is 0 Å². The fraction of sp³-hybridized carbons (Fsp3) is 0.385. The van der Waals surface area contributed by atoms with Gasteiger partial charge in [-0.15, -0.1) is 0 Å². The zero-order chi connectivity index (χ0) is 11.7. The Balaban J connectivity index is 1.78. The summed E-state index contributed by atoms with van der Waals surface area (Å²) in [7, 11) is 0. The monoisotopic (exact) mass is 228 g/mol. The van der Waals surface area contributed by atoms with Gasteiger partial charge in [0.25, 0.3) is 0 Å². The van der Waals surface area contributed by atoms with E-state index in [2.05, 4.69) is 28.3 Å². The summed E-state index contributed by atoms with van der Waals surface area (Å²) in [6.07, 6.45) is 8.08. The van der Waals surface area contributed by atoms with E-state index in [1.165, 1.54) is 18.4 Å². The highest BCUT2D eigenvalue weighted by molar-refractivity contribution is 5.30. The van der Waals surface area contributed by atoms with Crippen molar-refractivity contribution in [2.45, 2.75) is 32.4 Å². The summed E-state index contributed by atoms with van der Waals surface area (Å²) in [5.74, 6) is 0.926. The van der Waals surface area contributed by atoms with Crippen molar-refractivity contribution in [3.8, 4) is 5.82 Å². The second-order valence-electron chi connectivity index (χ2n) is 4.54. The largest absolute Gasteiger partial charge is 0.310 e. The van der Waals surface area contributed by atoms with Gasteiger partial charge in [-0.2, -0.15) is 0 Å². The highest BCUT2D eigenvalue weighted by Crippen LogP contribution is 2.20. The molecule has 0 aromatic carbocycles. The van der Waals surface area contributed by atoms with Crippen molar-refractivity contribution in [1.29, 1.82) is 0 Å². The number of imidazole rings is 1. The van der Waals surface area contributed by atoms with Gasteiger partial charge in [0, 0.05) is 30.7 Å². The summed E-state index contributed by atoms with van der Waals surface area (Å²) in [5, 5.41) is 3.51. The molecule has 2 aromatic heterocycles. The third kappa shape index (κ3) is 2.36. The molecule has 0 aliphatic heterocycles. The molecule has 4 heteroatoms. The Hall–Kier alpha value is -1.68. The second-order valence-corrected chi connectivity index (χ2v) is 4.54. The van der Waals surface area contributed by atoms with Gasteiger partial charge in [0.2, 0.25) is 0 Å². The molecule has 0 bridgehead atoms. The molecule has 3 rings (SSSR count). The first-order valence-corrected chi connectivity index (χ1v) is 6.01. The van der Waals surface area contributed by atoms with E-state index in [4.69, 9.17) is 0 Å². The minimum Gasteiger partial charge on any atom is -0.310 e. The van der Waals surface area contributed by atoms with Crippen molar-refractivity contribution in [2.75, 3.05) is 0 Å². The van der Waals surface area contributed by atoms with Crippen molar-refractivity contribution < 1.29 is 0 Å². The molecule has 1 aliphatic rings. The van der Waals surface area contributed by atoms with Crippen LogP contribution in [0.2, 0.25) is 0 Å². The summed E-state index contributed by atoms with van der Waals surface area (Å²) < 4.78 is 1.92. The number of pyridine rings is 1. The van der Waals surface area contributed by atoms with Crippen molar-refractivity contribution in [2.24, 2.45) is 0 Å². The van der Waals surface area contributed by atoms with Gasteiger partial charge in [-0.05, 0) is 31.4 Å². The van der Waals surface area contributed by atoms with E-state index < -0.39 is 0 Å². The summed E-state index contributed by atoms with van der Waals surface area (Å²) in [5.41, 5.74) is 2.37. The van der Waals surface area contributed by atoms with Gasteiger partial charge in [-0.3, -0.25) is 4.57 Å². The number of hydrogen-bond acceptors (Lipinski definition) is 3. The third-order valence-corrected chi connectivity index (χ3v) is 3.11. The maximum atomic E-state index is 4.60. The van der Waals surface area contributed by atoms with Crippen LogP contribution < -0.4 is 5.32 Å². The predicted molar refractivity (Wildman–Crippen MR) is 66.0 cm³/mol. The standard InChI is InChI=1S/C13H16N4/c1-10-11(8-15-12-3-4-12)2-5-13(16-10)17-7-6-14-9-17/h2,5-7,9,12,15H,3-4,8H2,1H3. The molecule has 88 valence electrons. The van der Waals surface area contributed by atoms with Crippen molar-refractivity contribution in [3.05, 3.63) is 42.1 Å². The molecule has 0 saturated heterocycles. The third-order valence-electron chi connectivity index (χ3n) is 3.11. The minimum absolute atomic E-state index is 0.739. The van der Waals surface area contributed by atoms with Gasteiger partial charge in [-0.25, -0.2) is 9.97 Å². The number of aromatic nitrogens is 3. The SMILES string of the molecule is Cc1nc(-n2ccnc2)ccc1CNC1CC1. The van der Waals surface area contributed by atoms with Crippen LogP contribution in [0.5, 0.6) is 0 Å². The van der Waals surface area contributed by atoms with E-state index in [0.717, 1.165) is 24.1 Å². The topological polar surface area (TPSA) is 42.7 Å². The molecule has 1 saturated carbocycles. The molecule has 2 aromatic rings. The van der Waals surface area contributed by atoms with E-state index in [0.29, 0.717) is 0 Å². The Morgan fingerprint density at radius 3 is 2.94 bits per heavy atom. The van der Waals surface area contributed by atoms with Crippen LogP contribution in [0.4, 0.5) is 0 Å². The minimum atomic E-state index is 0.739. The molecule has 2 heterocycles. The van der Waals surface area contributed by atoms with Crippen molar-refractivity contribution >= 4 is 0 Å². The zero-order valence-corrected chi connectivity index (χ0v) is 9.93. The summed E-state index contributed by atoms with van der Waals surface area (Å²) in [6.45, 7) is 2.98. The van der Waals surface area contributed by atoms with Gasteiger partial charge < -0.3 is 5.32 Å². The number of aryl methyl sites for hydroxylation is 1. The van der Waals surface area contributed by atoms with Crippen LogP contribution in [-0.4, -0.2) is 20.6 Å². The second kappa shape index (κ2) is 4.30. The summed E-state index contributed by atoms with van der Waals surface area (Å²) >= 11 is 0. The molecule has 0 amide bonds. The van der Waals surface area contributed by atoms with Gasteiger partial charge in [-0.1, -0.05) is 6.07 Å². The fourth-order valence-electron chi connectivity index (χ4n) is 1.84. The average Bonchev–Trinajstić information content (AvgIpc) is 3.00. The quantitative estimate of drug-likeness (QED) is 0.868. The Morgan fingerprint density at radius 2 is 2.29 bits per heavy atom. The summed E-state index contributed by atoms with van der Waals surface area (Å²) in [6, 6.07) is 4.92. The lowest BCUT2D eigenvalue weighted by molar-refractivity contribution is 0.681. The van der Waals surface area contributed by atoms with Gasteiger partial charge in [0.05, 0.1) is 0 Å². The Kier molecular flexibility index (Phi) is 2.65. The molecule has 0 spiro atoms. The molecule has 1 fully saturated rings. The Morgan fingerprint density at radius 1 is 1.41 bits per heavy atom. The van der Waals surface area contributed by atoms with E-state index in [9.17, 15) is 0 Å². The Bertz CT molecular complexity index is 500. The number of nitrogens with one attached hydrogen (secondary N) is 1. The first kappa shape index (κ1) is 10.5. The molecular formula is C13H16N4. The van der Waals surface area contributed by atoms with Gasteiger partial charge >= 0.3 is 0 Å². The maximum absolute atomic E-state index is 4.60. The van der Waals surface area contributed by atoms with Crippen LogP contribution in [0.15, 0.2) is 30.9 Å². The number of rotatable bonds is 4. The highest BCUT2D eigenvalue weighted by Gasteiger charge is 2.20. The van der Waals surface area contributed by atoms with Crippen LogP contribution in [0.25, 0.3) is 5.82 Å². The molecule has 0 atom stereocenters. The smallest absolute Gasteiger partial charge is 0.138 e. The highest BCUT2D eigenvalue weighted by atomic mass is 15.1. The molecular weight excluding hydrogens is 212 g/mol. The maximum Gasteiger partial charge on any atom is 0.138 e. The average molecular weight is 228 g/mol. The van der Waals surface area contributed by atoms with E-state index >= 15 is 0 Å². The zero-order valence-electron chi connectivity index (χ0n) is 9.93. The molecule has 4 nitrogen and oxygen atoms in total. The lowest BCUT2D eigenvalue weighted by Gasteiger charge is -2.08. The Labute approximate surface area is 101 Å². The van der Waals surface area contributed by atoms with Gasteiger partial charge in [0.1, 0.15) is 12.1 Å². The lowest BCUT2D eigenvalue weighted by Crippen LogP contribution is -2.16. The van der Waals surface area contributed by atoms with Crippen LogP contribution >= 0.6 is 0 Å². The number of hydrogen-bond donors (Lipinski definition) is 1. The van der Waals surface area contributed by atoms with Crippen LogP contribution in [0.3, 0.4) is 0 Å². The first-order chi connectivity index (χ1) is 8.33. The summed E-state index contributed by atoms with van der Waals surface area (Å²) in [4.78, 5) is 8.63. The molecule has 17 heavy (non-hydrogen) atoms. The van der Waals surface area contributed by atoms with E-state index in [-0.39, 0.29) is 0 Å². The van der Waals surface area contributed by atoms with Crippen molar-refractivity contribution in [1.82, 2.24) is 19.9 Å². The normalized spacial score (nSPS) is 15.1. The van der Waals surface area contributed by atoms with E-state index in [1.54, 1.807) is 12.5 Å². The first-order valence-electron chi connectivity index (χ1n) is 6.01. The predicted octanol–water partition coefficient (Wildman–Crippen LogP) is 1.83. The van der Waals surface area contributed by atoms with Crippen LogP contribution in [-0.2, 0) is 6.54 Å². The number of nitrogens with zero attached hydrogens (tertiary/aromatic N) is 3. The van der Waals surface area contributed by atoms with E-state index in [1.807, 2.05) is 16.8 Å².